The van der Waals surface area contributed by atoms with Crippen LogP contribution >= 0.6 is 0 Å². The van der Waals surface area contributed by atoms with Gasteiger partial charge >= 0.3 is 0 Å². The lowest BCUT2D eigenvalue weighted by Crippen LogP contribution is -2.53. The van der Waals surface area contributed by atoms with Gasteiger partial charge in [-0.3, -0.25) is 4.90 Å². The zero-order valence-electron chi connectivity index (χ0n) is 9.98. The van der Waals surface area contributed by atoms with Crippen LogP contribution in [0.25, 0.3) is 0 Å². The van der Waals surface area contributed by atoms with Gasteiger partial charge < -0.3 is 10.5 Å². The van der Waals surface area contributed by atoms with E-state index in [1.807, 2.05) is 0 Å². The highest BCUT2D eigenvalue weighted by molar-refractivity contribution is 4.91. The Morgan fingerprint density at radius 1 is 1.13 bits per heavy atom. The highest BCUT2D eigenvalue weighted by Crippen LogP contribution is 2.27. The fourth-order valence-electron chi connectivity index (χ4n) is 3.15. The van der Waals surface area contributed by atoms with Gasteiger partial charge in [-0.1, -0.05) is 12.8 Å². The van der Waals surface area contributed by atoms with Crippen LogP contribution in [0.2, 0.25) is 0 Å². The summed E-state index contributed by atoms with van der Waals surface area (Å²) in [5.41, 5.74) is 6.21. The third-order valence-corrected chi connectivity index (χ3v) is 4.16. The molecule has 0 aromatic carbocycles. The summed E-state index contributed by atoms with van der Waals surface area (Å²) in [4.78, 5) is 2.49. The standard InChI is InChI=1S/C12H24N2O/c1-9-11(7-8-15-9)14(2)12-6-4-3-5-10(12)13/h9-12H,3-8,13H2,1-2H3. The van der Waals surface area contributed by atoms with Crippen LogP contribution in [0.1, 0.15) is 39.0 Å². The Morgan fingerprint density at radius 3 is 2.47 bits per heavy atom. The minimum absolute atomic E-state index is 0.372. The summed E-state index contributed by atoms with van der Waals surface area (Å²) < 4.78 is 5.63. The van der Waals surface area contributed by atoms with Gasteiger partial charge in [-0.05, 0) is 33.2 Å². The molecule has 3 heteroatoms. The SMILES string of the molecule is CC1OCCC1N(C)C1CCCCC1N. The van der Waals surface area contributed by atoms with Crippen molar-refractivity contribution in [2.45, 2.75) is 63.3 Å². The van der Waals surface area contributed by atoms with E-state index in [2.05, 4.69) is 18.9 Å². The summed E-state index contributed by atoms with van der Waals surface area (Å²) in [5.74, 6) is 0. The Balaban J connectivity index is 1.96. The molecule has 15 heavy (non-hydrogen) atoms. The molecule has 0 aromatic heterocycles. The molecule has 0 radical (unpaired) electrons. The monoisotopic (exact) mass is 212 g/mol. The third-order valence-electron chi connectivity index (χ3n) is 4.16. The van der Waals surface area contributed by atoms with Gasteiger partial charge in [0.25, 0.3) is 0 Å². The van der Waals surface area contributed by atoms with Crippen molar-refractivity contribution >= 4 is 0 Å². The van der Waals surface area contributed by atoms with E-state index in [4.69, 9.17) is 10.5 Å². The van der Waals surface area contributed by atoms with E-state index in [1.54, 1.807) is 0 Å². The number of rotatable bonds is 2. The molecule has 0 spiro atoms. The van der Waals surface area contributed by atoms with Crippen molar-refractivity contribution in [1.29, 1.82) is 0 Å². The van der Waals surface area contributed by atoms with Crippen molar-refractivity contribution in [1.82, 2.24) is 4.90 Å². The summed E-state index contributed by atoms with van der Waals surface area (Å²) in [6.07, 6.45) is 6.65. The fraction of sp³-hybridized carbons (Fsp3) is 1.00. The molecule has 3 nitrogen and oxygen atoms in total. The molecule has 1 aliphatic carbocycles. The minimum atomic E-state index is 0.372. The van der Waals surface area contributed by atoms with Gasteiger partial charge in [-0.15, -0.1) is 0 Å². The van der Waals surface area contributed by atoms with Gasteiger partial charge in [0.1, 0.15) is 0 Å². The van der Waals surface area contributed by atoms with Gasteiger partial charge in [0.15, 0.2) is 0 Å². The Bertz CT molecular complexity index is 210. The topological polar surface area (TPSA) is 38.5 Å². The van der Waals surface area contributed by atoms with Crippen molar-refractivity contribution in [3.05, 3.63) is 0 Å². The van der Waals surface area contributed by atoms with E-state index in [0.717, 1.165) is 6.61 Å². The molecular weight excluding hydrogens is 188 g/mol. The van der Waals surface area contributed by atoms with Crippen LogP contribution in [0.5, 0.6) is 0 Å². The summed E-state index contributed by atoms with van der Waals surface area (Å²) in [6, 6.07) is 1.53. The zero-order valence-corrected chi connectivity index (χ0v) is 9.98. The number of ether oxygens (including phenoxy) is 1. The maximum absolute atomic E-state index is 6.21. The number of likely N-dealkylation sites (N-methyl/N-ethyl adjacent to an activating group) is 1. The highest BCUT2D eigenvalue weighted by Gasteiger charge is 2.34. The smallest absolute Gasteiger partial charge is 0.0703 e. The summed E-state index contributed by atoms with van der Waals surface area (Å²) in [7, 11) is 2.23. The first-order valence-corrected chi connectivity index (χ1v) is 6.29. The zero-order chi connectivity index (χ0) is 10.8. The molecule has 2 fully saturated rings. The van der Waals surface area contributed by atoms with E-state index in [9.17, 15) is 0 Å². The van der Waals surface area contributed by atoms with Gasteiger partial charge in [-0.25, -0.2) is 0 Å². The highest BCUT2D eigenvalue weighted by atomic mass is 16.5. The number of hydrogen-bond donors (Lipinski definition) is 1. The Hall–Kier alpha value is -0.120. The van der Waals surface area contributed by atoms with E-state index in [-0.39, 0.29) is 0 Å². The fourth-order valence-corrected chi connectivity index (χ4v) is 3.15. The molecule has 2 rings (SSSR count). The second kappa shape index (κ2) is 4.81. The summed E-state index contributed by atoms with van der Waals surface area (Å²) in [5, 5.41) is 0. The molecule has 0 amide bonds. The van der Waals surface area contributed by atoms with Crippen molar-refractivity contribution < 1.29 is 4.74 Å². The van der Waals surface area contributed by atoms with Crippen LogP contribution < -0.4 is 5.73 Å². The average Bonchev–Trinajstić information content (AvgIpc) is 2.64. The quantitative estimate of drug-likeness (QED) is 0.751. The predicted octanol–water partition coefficient (Wildman–Crippen LogP) is 1.37. The normalized spacial score (nSPS) is 42.4. The largest absolute Gasteiger partial charge is 0.377 e. The Morgan fingerprint density at radius 2 is 1.87 bits per heavy atom. The van der Waals surface area contributed by atoms with Gasteiger partial charge in [0, 0.05) is 24.7 Å². The molecule has 2 N–H and O–H groups in total. The molecule has 1 saturated heterocycles. The molecule has 1 saturated carbocycles. The average molecular weight is 212 g/mol. The lowest BCUT2D eigenvalue weighted by Gasteiger charge is -2.40. The minimum Gasteiger partial charge on any atom is -0.377 e. The van der Waals surface area contributed by atoms with Crippen LogP contribution in [0.3, 0.4) is 0 Å². The molecule has 0 aromatic rings. The number of hydrogen-bond acceptors (Lipinski definition) is 3. The maximum atomic E-state index is 6.21. The molecule has 1 heterocycles. The van der Waals surface area contributed by atoms with Crippen LogP contribution in [0.4, 0.5) is 0 Å². The lowest BCUT2D eigenvalue weighted by atomic mass is 9.89. The maximum Gasteiger partial charge on any atom is 0.0703 e. The third kappa shape index (κ3) is 2.35. The van der Waals surface area contributed by atoms with E-state index in [1.165, 1.54) is 32.1 Å². The first kappa shape index (κ1) is 11.4. The molecule has 4 atom stereocenters. The number of nitrogens with zero attached hydrogens (tertiary/aromatic N) is 1. The molecule has 0 bridgehead atoms. The Labute approximate surface area is 93.0 Å². The number of nitrogens with two attached hydrogens (primary N) is 1. The first-order chi connectivity index (χ1) is 7.20. The molecule has 4 unspecified atom stereocenters. The van der Waals surface area contributed by atoms with Crippen LogP contribution in [0, 0.1) is 0 Å². The second-order valence-corrected chi connectivity index (χ2v) is 5.11. The van der Waals surface area contributed by atoms with Crippen LogP contribution in [-0.2, 0) is 4.74 Å². The molecule has 88 valence electrons. The second-order valence-electron chi connectivity index (χ2n) is 5.11. The van der Waals surface area contributed by atoms with Crippen LogP contribution in [-0.4, -0.2) is 42.8 Å². The van der Waals surface area contributed by atoms with Crippen molar-refractivity contribution in [3.63, 3.8) is 0 Å². The lowest BCUT2D eigenvalue weighted by molar-refractivity contribution is 0.0529. The van der Waals surface area contributed by atoms with Gasteiger partial charge in [-0.2, -0.15) is 0 Å². The first-order valence-electron chi connectivity index (χ1n) is 6.29. The predicted molar refractivity (Wildman–Crippen MR) is 61.8 cm³/mol. The van der Waals surface area contributed by atoms with Gasteiger partial charge in [0.2, 0.25) is 0 Å². The van der Waals surface area contributed by atoms with Crippen molar-refractivity contribution in [2.75, 3.05) is 13.7 Å². The van der Waals surface area contributed by atoms with E-state index in [0.29, 0.717) is 24.2 Å². The van der Waals surface area contributed by atoms with Crippen LogP contribution in [0.15, 0.2) is 0 Å². The Kier molecular flexibility index (Phi) is 3.65. The molecule has 1 aliphatic heterocycles. The summed E-state index contributed by atoms with van der Waals surface area (Å²) in [6.45, 7) is 3.10. The van der Waals surface area contributed by atoms with Crippen molar-refractivity contribution in [3.8, 4) is 0 Å². The molecule has 2 aliphatic rings. The summed E-state index contributed by atoms with van der Waals surface area (Å²) >= 11 is 0. The van der Waals surface area contributed by atoms with Gasteiger partial charge in [0.05, 0.1) is 6.10 Å². The van der Waals surface area contributed by atoms with E-state index < -0.39 is 0 Å². The van der Waals surface area contributed by atoms with E-state index >= 15 is 0 Å². The van der Waals surface area contributed by atoms with Crippen molar-refractivity contribution in [2.24, 2.45) is 5.73 Å². The molecular formula is C12H24N2O.